The molecule has 0 fully saturated rings. The summed E-state index contributed by atoms with van der Waals surface area (Å²) in [4.78, 5) is 15.6. The fourth-order valence-electron chi connectivity index (χ4n) is 0.826. The van der Waals surface area contributed by atoms with E-state index in [0.29, 0.717) is 13.0 Å². The van der Waals surface area contributed by atoms with E-state index in [9.17, 15) is 4.79 Å². The SMILES string of the molecule is CC(CCON)NC(=O)OC(C)(C)C. The molecule has 0 aliphatic heterocycles. The Morgan fingerprint density at radius 1 is 1.50 bits per heavy atom. The molecule has 1 amide bonds. The number of nitrogens with two attached hydrogens (primary N) is 1. The van der Waals surface area contributed by atoms with Crippen molar-refractivity contribution in [2.24, 2.45) is 5.90 Å². The van der Waals surface area contributed by atoms with Gasteiger partial charge >= 0.3 is 6.09 Å². The first-order chi connectivity index (χ1) is 6.35. The van der Waals surface area contributed by atoms with Crippen molar-refractivity contribution in [3.8, 4) is 0 Å². The van der Waals surface area contributed by atoms with Crippen LogP contribution in [0.1, 0.15) is 34.1 Å². The van der Waals surface area contributed by atoms with E-state index in [2.05, 4.69) is 10.2 Å². The number of amides is 1. The number of alkyl carbamates (subject to hydrolysis) is 1. The molecule has 0 aromatic rings. The van der Waals surface area contributed by atoms with E-state index in [1.54, 1.807) is 0 Å². The zero-order valence-corrected chi connectivity index (χ0v) is 9.29. The van der Waals surface area contributed by atoms with Gasteiger partial charge in [0.2, 0.25) is 0 Å². The minimum atomic E-state index is -0.464. The average molecular weight is 204 g/mol. The molecule has 0 bridgehead atoms. The Morgan fingerprint density at radius 2 is 2.07 bits per heavy atom. The molecule has 0 radical (unpaired) electrons. The van der Waals surface area contributed by atoms with Crippen LogP contribution in [0.5, 0.6) is 0 Å². The Morgan fingerprint density at radius 3 is 2.50 bits per heavy atom. The highest BCUT2D eigenvalue weighted by molar-refractivity contribution is 5.67. The van der Waals surface area contributed by atoms with Gasteiger partial charge < -0.3 is 14.9 Å². The van der Waals surface area contributed by atoms with Gasteiger partial charge in [0, 0.05) is 6.04 Å². The maximum Gasteiger partial charge on any atom is 0.407 e. The molecule has 0 aliphatic rings. The number of carbonyl (C=O) groups is 1. The minimum absolute atomic E-state index is 0.00611. The normalized spacial score (nSPS) is 13.5. The maximum absolute atomic E-state index is 11.2. The van der Waals surface area contributed by atoms with Gasteiger partial charge in [-0.3, -0.25) is 0 Å². The summed E-state index contributed by atoms with van der Waals surface area (Å²) < 4.78 is 5.07. The Kier molecular flexibility index (Phi) is 5.49. The lowest BCUT2D eigenvalue weighted by molar-refractivity contribution is 0.0493. The van der Waals surface area contributed by atoms with Crippen LogP contribution in [0.2, 0.25) is 0 Å². The molecule has 3 N–H and O–H groups in total. The predicted molar refractivity (Wildman–Crippen MR) is 53.6 cm³/mol. The molecule has 84 valence electrons. The predicted octanol–water partition coefficient (Wildman–Crippen LogP) is 1.18. The zero-order chi connectivity index (χ0) is 11.2. The van der Waals surface area contributed by atoms with Crippen molar-refractivity contribution in [1.82, 2.24) is 5.32 Å². The Labute approximate surface area is 84.9 Å². The number of ether oxygens (including phenoxy) is 1. The van der Waals surface area contributed by atoms with Crippen molar-refractivity contribution >= 4 is 6.09 Å². The maximum atomic E-state index is 11.2. The number of rotatable bonds is 4. The van der Waals surface area contributed by atoms with Gasteiger partial charge in [0.1, 0.15) is 5.60 Å². The zero-order valence-electron chi connectivity index (χ0n) is 9.29. The van der Waals surface area contributed by atoms with E-state index in [4.69, 9.17) is 10.6 Å². The molecule has 5 nitrogen and oxygen atoms in total. The summed E-state index contributed by atoms with van der Waals surface area (Å²) >= 11 is 0. The van der Waals surface area contributed by atoms with Crippen LogP contribution < -0.4 is 11.2 Å². The van der Waals surface area contributed by atoms with Crippen molar-refractivity contribution < 1.29 is 14.4 Å². The molecule has 0 aromatic heterocycles. The van der Waals surface area contributed by atoms with Gasteiger partial charge in [-0.15, -0.1) is 0 Å². The highest BCUT2D eigenvalue weighted by Crippen LogP contribution is 2.06. The molecule has 0 saturated carbocycles. The van der Waals surface area contributed by atoms with Crippen molar-refractivity contribution in [2.45, 2.75) is 45.8 Å². The third-order valence-corrected chi connectivity index (χ3v) is 1.43. The second kappa shape index (κ2) is 5.82. The third-order valence-electron chi connectivity index (χ3n) is 1.43. The van der Waals surface area contributed by atoms with E-state index in [1.807, 2.05) is 27.7 Å². The minimum Gasteiger partial charge on any atom is -0.444 e. The summed E-state index contributed by atoms with van der Waals surface area (Å²) in [6.07, 6.45) is 0.248. The van der Waals surface area contributed by atoms with E-state index in [0.717, 1.165) is 0 Å². The molecule has 1 unspecified atom stereocenters. The van der Waals surface area contributed by atoms with Crippen molar-refractivity contribution in [2.75, 3.05) is 6.61 Å². The van der Waals surface area contributed by atoms with Crippen LogP contribution in [0.4, 0.5) is 4.79 Å². The Bertz CT molecular complexity index is 177. The lowest BCUT2D eigenvalue weighted by atomic mass is 10.2. The molecule has 0 aromatic carbocycles. The van der Waals surface area contributed by atoms with Crippen molar-refractivity contribution in [3.63, 3.8) is 0 Å². The summed E-state index contributed by atoms with van der Waals surface area (Å²) in [7, 11) is 0. The number of hydrogen-bond donors (Lipinski definition) is 2. The monoisotopic (exact) mass is 204 g/mol. The molecule has 0 spiro atoms. The summed E-state index contributed by atoms with van der Waals surface area (Å²) in [5, 5.41) is 2.67. The van der Waals surface area contributed by atoms with Crippen LogP contribution in [0.3, 0.4) is 0 Å². The van der Waals surface area contributed by atoms with E-state index in [1.165, 1.54) is 0 Å². The largest absolute Gasteiger partial charge is 0.444 e. The lowest BCUT2D eigenvalue weighted by Crippen LogP contribution is -2.38. The summed E-state index contributed by atoms with van der Waals surface area (Å²) in [6.45, 7) is 7.74. The first-order valence-corrected chi connectivity index (χ1v) is 4.66. The van der Waals surface area contributed by atoms with Gasteiger partial charge in [-0.2, -0.15) is 0 Å². The molecule has 0 heterocycles. The first-order valence-electron chi connectivity index (χ1n) is 4.66. The second-order valence-electron chi connectivity index (χ2n) is 4.21. The molecule has 1 atom stereocenters. The second-order valence-corrected chi connectivity index (χ2v) is 4.21. The third kappa shape index (κ3) is 7.82. The fraction of sp³-hybridized carbons (Fsp3) is 0.889. The van der Waals surface area contributed by atoms with Gasteiger partial charge in [-0.25, -0.2) is 10.7 Å². The van der Waals surface area contributed by atoms with Crippen LogP contribution in [-0.4, -0.2) is 24.3 Å². The molecule has 0 aliphatic carbocycles. The molecule has 0 saturated heterocycles. The molecule has 5 heteroatoms. The van der Waals surface area contributed by atoms with E-state index in [-0.39, 0.29) is 6.04 Å². The van der Waals surface area contributed by atoms with Crippen LogP contribution in [0.25, 0.3) is 0 Å². The summed E-state index contributed by atoms with van der Waals surface area (Å²) in [5.74, 6) is 4.87. The molecular formula is C9H20N2O3. The Hall–Kier alpha value is -0.810. The topological polar surface area (TPSA) is 73.6 Å². The summed E-state index contributed by atoms with van der Waals surface area (Å²) in [5.41, 5.74) is -0.464. The number of hydrogen-bond acceptors (Lipinski definition) is 4. The fourth-order valence-corrected chi connectivity index (χ4v) is 0.826. The van der Waals surface area contributed by atoms with Crippen LogP contribution in [-0.2, 0) is 9.57 Å². The lowest BCUT2D eigenvalue weighted by Gasteiger charge is -2.21. The number of nitrogens with one attached hydrogen (secondary N) is 1. The average Bonchev–Trinajstić information content (AvgIpc) is 1.96. The summed E-state index contributed by atoms with van der Waals surface area (Å²) in [6, 6.07) is -0.00611. The van der Waals surface area contributed by atoms with Gasteiger partial charge in [0.05, 0.1) is 6.61 Å². The van der Waals surface area contributed by atoms with E-state index >= 15 is 0 Å². The van der Waals surface area contributed by atoms with Crippen molar-refractivity contribution in [3.05, 3.63) is 0 Å². The van der Waals surface area contributed by atoms with Crippen LogP contribution >= 0.6 is 0 Å². The highest BCUT2D eigenvalue weighted by Gasteiger charge is 2.17. The van der Waals surface area contributed by atoms with E-state index < -0.39 is 11.7 Å². The number of carbonyl (C=O) groups excluding carboxylic acids is 1. The van der Waals surface area contributed by atoms with Gasteiger partial charge in [-0.05, 0) is 34.1 Å². The van der Waals surface area contributed by atoms with Crippen LogP contribution in [0.15, 0.2) is 0 Å². The smallest absolute Gasteiger partial charge is 0.407 e. The molecular weight excluding hydrogens is 184 g/mol. The van der Waals surface area contributed by atoms with Crippen molar-refractivity contribution in [1.29, 1.82) is 0 Å². The highest BCUT2D eigenvalue weighted by atomic mass is 16.6. The van der Waals surface area contributed by atoms with Gasteiger partial charge in [0.25, 0.3) is 0 Å². The Balaban J connectivity index is 3.71. The first kappa shape index (κ1) is 13.2. The van der Waals surface area contributed by atoms with Crippen LogP contribution in [0, 0.1) is 0 Å². The quantitative estimate of drug-likeness (QED) is 0.674. The molecule has 0 rings (SSSR count). The van der Waals surface area contributed by atoms with Gasteiger partial charge in [-0.1, -0.05) is 0 Å². The standard InChI is InChI=1S/C9H20N2O3/c1-7(5-6-13-10)11-8(12)14-9(2,3)4/h7H,5-6,10H2,1-4H3,(H,11,12). The molecule has 14 heavy (non-hydrogen) atoms. The van der Waals surface area contributed by atoms with Gasteiger partial charge in [0.15, 0.2) is 0 Å².